The number of benzene rings is 1. The normalized spacial score (nSPS) is 16.7. The van der Waals surface area contributed by atoms with Crippen molar-refractivity contribution in [1.29, 1.82) is 0 Å². The van der Waals surface area contributed by atoms with E-state index in [-0.39, 0.29) is 24.1 Å². The van der Waals surface area contributed by atoms with E-state index in [1.807, 2.05) is 43.3 Å². The van der Waals surface area contributed by atoms with E-state index in [4.69, 9.17) is 14.1 Å². The maximum Gasteiger partial charge on any atom is 0.550 e. The lowest BCUT2D eigenvalue weighted by Crippen LogP contribution is -2.45. The van der Waals surface area contributed by atoms with E-state index in [0.717, 1.165) is 11.4 Å². The molecule has 29 heavy (non-hydrogen) atoms. The zero-order valence-electron chi connectivity index (χ0n) is 16.4. The topological polar surface area (TPSA) is 102 Å². The summed E-state index contributed by atoms with van der Waals surface area (Å²) in [5, 5.41) is 13.0. The lowest BCUT2D eigenvalue weighted by Gasteiger charge is -2.18. The predicted molar refractivity (Wildman–Crippen MR) is 109 cm³/mol. The zero-order chi connectivity index (χ0) is 20.6. The second-order valence-electron chi connectivity index (χ2n) is 6.64. The van der Waals surface area contributed by atoms with Crippen molar-refractivity contribution in [2.45, 2.75) is 25.3 Å². The Morgan fingerprint density at radius 3 is 2.79 bits per heavy atom. The molecule has 0 saturated carbocycles. The number of aryl methyl sites for hydroxylation is 1. The third-order valence-electron chi connectivity index (χ3n) is 4.35. The zero-order valence-corrected chi connectivity index (χ0v) is 16.4. The summed E-state index contributed by atoms with van der Waals surface area (Å²) in [5.74, 6) is 0.125. The van der Waals surface area contributed by atoms with Gasteiger partial charge in [-0.15, -0.1) is 0 Å². The van der Waals surface area contributed by atoms with Crippen LogP contribution in [0.2, 0.25) is 0 Å². The molecule has 9 heteroatoms. The third kappa shape index (κ3) is 5.79. The molecule has 8 nitrogen and oxygen atoms in total. The van der Waals surface area contributed by atoms with Gasteiger partial charge in [-0.25, -0.2) is 4.98 Å². The molecule has 0 aliphatic carbocycles. The third-order valence-corrected chi connectivity index (χ3v) is 4.35. The number of hydrogen-bond donors (Lipinski definition) is 2. The molecule has 0 spiro atoms. The van der Waals surface area contributed by atoms with Gasteiger partial charge in [-0.3, -0.25) is 9.79 Å². The fourth-order valence-electron chi connectivity index (χ4n) is 2.90. The number of carbonyl (C=O) groups excluding carboxylic acids is 1. The van der Waals surface area contributed by atoms with Crippen molar-refractivity contribution in [2.24, 2.45) is 4.99 Å². The molecule has 0 saturated heterocycles. The van der Waals surface area contributed by atoms with Crippen molar-refractivity contribution in [3.05, 3.63) is 59.9 Å². The Bertz CT molecular complexity index is 849. The molecule has 0 radical (unpaired) electrons. The number of hydrogen-bond acceptors (Lipinski definition) is 7. The molecule has 2 heterocycles. The maximum absolute atomic E-state index is 12.5. The first-order valence-corrected chi connectivity index (χ1v) is 9.40. The van der Waals surface area contributed by atoms with Crippen LogP contribution in [0.3, 0.4) is 0 Å². The van der Waals surface area contributed by atoms with Crippen LogP contribution in [-0.2, 0) is 9.39 Å². The van der Waals surface area contributed by atoms with E-state index in [9.17, 15) is 9.82 Å². The molecule has 1 aliphatic heterocycles. The molecular formula is C20H24BN3O5. The van der Waals surface area contributed by atoms with E-state index in [2.05, 4.69) is 15.3 Å². The quantitative estimate of drug-likeness (QED) is 0.621. The molecule has 1 aliphatic rings. The predicted octanol–water partition coefficient (Wildman–Crippen LogP) is 1.42. The van der Waals surface area contributed by atoms with Gasteiger partial charge in [0.25, 0.3) is 5.91 Å². The summed E-state index contributed by atoms with van der Waals surface area (Å²) in [6.45, 7) is 2.34. The van der Waals surface area contributed by atoms with Gasteiger partial charge < -0.3 is 24.5 Å². The second-order valence-corrected chi connectivity index (χ2v) is 6.64. The van der Waals surface area contributed by atoms with Crippen LogP contribution >= 0.6 is 0 Å². The Morgan fingerprint density at radius 1 is 1.28 bits per heavy atom. The minimum absolute atomic E-state index is 0.149. The van der Waals surface area contributed by atoms with Gasteiger partial charge >= 0.3 is 7.12 Å². The molecule has 2 atom stereocenters. The van der Waals surface area contributed by atoms with E-state index in [0.29, 0.717) is 13.0 Å². The Hall–Kier alpha value is -2.91. The van der Waals surface area contributed by atoms with Crippen LogP contribution in [0.4, 0.5) is 0 Å². The standard InChI is InChI=1S/C20H24BN3O5/c1-14-7-6-10-16(22-14)19(25)23-17(13-27-2)20-24-18(21(26)29-20)11-12-28-15-8-4-3-5-9-15/h3-10,17-18,26H,11-13H2,1-2H3,(H,23,25)/t17?,18-/m0/s1. The summed E-state index contributed by atoms with van der Waals surface area (Å²) in [4.78, 5) is 21.2. The molecule has 3 rings (SSSR count). The summed E-state index contributed by atoms with van der Waals surface area (Å²) in [7, 11) is 0.416. The molecule has 152 valence electrons. The van der Waals surface area contributed by atoms with E-state index < -0.39 is 19.1 Å². The first kappa shape index (κ1) is 20.8. The number of para-hydroxylation sites is 1. The van der Waals surface area contributed by atoms with Crippen molar-refractivity contribution in [2.75, 3.05) is 20.3 Å². The lowest BCUT2D eigenvalue weighted by molar-refractivity contribution is 0.0911. The number of amides is 1. The highest BCUT2D eigenvalue weighted by molar-refractivity contribution is 6.49. The molecule has 2 N–H and O–H groups in total. The fraction of sp³-hybridized carbons (Fsp3) is 0.350. The first-order chi connectivity index (χ1) is 14.1. The number of ether oxygens (including phenoxy) is 2. The highest BCUT2D eigenvalue weighted by Gasteiger charge is 2.39. The summed E-state index contributed by atoms with van der Waals surface area (Å²) in [6.07, 6.45) is 0.465. The van der Waals surface area contributed by atoms with Gasteiger partial charge in [0.2, 0.25) is 0 Å². The fourth-order valence-corrected chi connectivity index (χ4v) is 2.90. The average molecular weight is 397 g/mol. The second kappa shape index (κ2) is 10.0. The molecular weight excluding hydrogens is 373 g/mol. The maximum atomic E-state index is 12.5. The minimum atomic E-state index is -1.10. The number of aliphatic imine (C=N–C) groups is 1. The number of nitrogens with one attached hydrogen (secondary N) is 1. The van der Waals surface area contributed by atoms with Crippen LogP contribution in [-0.4, -0.2) is 61.2 Å². The van der Waals surface area contributed by atoms with Gasteiger partial charge in [0, 0.05) is 19.2 Å². The van der Waals surface area contributed by atoms with E-state index in [1.165, 1.54) is 7.11 Å². The Labute approximate surface area is 170 Å². The molecule has 0 bridgehead atoms. The number of carbonyl (C=O) groups is 1. The monoisotopic (exact) mass is 397 g/mol. The van der Waals surface area contributed by atoms with Gasteiger partial charge in [0.1, 0.15) is 23.4 Å². The highest BCUT2D eigenvalue weighted by Crippen LogP contribution is 2.16. The van der Waals surface area contributed by atoms with E-state index >= 15 is 0 Å². The van der Waals surface area contributed by atoms with Crippen LogP contribution in [0.25, 0.3) is 0 Å². The number of pyridine rings is 1. The largest absolute Gasteiger partial charge is 0.550 e. The molecule has 0 fully saturated rings. The van der Waals surface area contributed by atoms with Crippen molar-refractivity contribution in [3.8, 4) is 5.75 Å². The van der Waals surface area contributed by atoms with Gasteiger partial charge in [0.05, 0.1) is 13.2 Å². The summed E-state index contributed by atoms with van der Waals surface area (Å²) in [5.41, 5.74) is 1.03. The summed E-state index contributed by atoms with van der Waals surface area (Å²) < 4.78 is 16.3. The van der Waals surface area contributed by atoms with Crippen LogP contribution in [0.5, 0.6) is 5.75 Å². The van der Waals surface area contributed by atoms with Crippen molar-refractivity contribution in [3.63, 3.8) is 0 Å². The SMILES string of the molecule is COCC(NC(=O)c1cccc(C)n1)C1=N[C@@H](CCOc2ccccc2)B(O)O1. The number of methoxy groups -OCH3 is 1. The lowest BCUT2D eigenvalue weighted by atomic mass is 9.78. The van der Waals surface area contributed by atoms with Gasteiger partial charge in [0.15, 0.2) is 5.90 Å². The van der Waals surface area contributed by atoms with Gasteiger partial charge in [-0.05, 0) is 31.2 Å². The van der Waals surface area contributed by atoms with Gasteiger partial charge in [-0.1, -0.05) is 24.3 Å². The van der Waals surface area contributed by atoms with Crippen molar-refractivity contribution >= 4 is 18.9 Å². The minimum Gasteiger partial charge on any atom is -0.523 e. The van der Waals surface area contributed by atoms with Gasteiger partial charge in [-0.2, -0.15) is 0 Å². The summed E-state index contributed by atoms with van der Waals surface area (Å²) >= 11 is 0. The van der Waals surface area contributed by atoms with Crippen LogP contribution < -0.4 is 10.1 Å². The first-order valence-electron chi connectivity index (χ1n) is 9.40. The summed E-state index contributed by atoms with van der Waals surface area (Å²) in [6, 6.07) is 14.0. The number of aromatic nitrogens is 1. The Balaban J connectivity index is 1.60. The molecule has 1 aromatic carbocycles. The van der Waals surface area contributed by atoms with Crippen molar-refractivity contribution in [1.82, 2.24) is 10.3 Å². The molecule has 1 amide bonds. The molecule has 1 unspecified atom stereocenters. The van der Waals surface area contributed by atoms with Crippen molar-refractivity contribution < 1.29 is 23.9 Å². The van der Waals surface area contributed by atoms with E-state index in [1.54, 1.807) is 12.1 Å². The smallest absolute Gasteiger partial charge is 0.523 e. The highest BCUT2D eigenvalue weighted by atomic mass is 16.5. The van der Waals surface area contributed by atoms with Crippen LogP contribution in [0.1, 0.15) is 22.6 Å². The molecule has 2 aromatic rings. The Morgan fingerprint density at radius 2 is 2.07 bits per heavy atom. The molecule has 1 aromatic heterocycles. The number of nitrogens with zero attached hydrogens (tertiary/aromatic N) is 2. The Kier molecular flexibility index (Phi) is 7.21. The number of rotatable bonds is 9. The van der Waals surface area contributed by atoms with Crippen LogP contribution in [0, 0.1) is 6.92 Å². The average Bonchev–Trinajstić information content (AvgIpc) is 3.09. The van der Waals surface area contributed by atoms with Crippen LogP contribution in [0.15, 0.2) is 53.5 Å².